The molecule has 1 aliphatic carbocycles. The molecule has 1 heterocycles. The van der Waals surface area contributed by atoms with Gasteiger partial charge in [0.1, 0.15) is 0 Å². The van der Waals surface area contributed by atoms with E-state index in [1.807, 2.05) is 32.0 Å². The number of carbonyl (C=O) groups excluding carboxylic acids is 1. The Bertz CT molecular complexity index is 415. The van der Waals surface area contributed by atoms with E-state index in [-0.39, 0.29) is 18.0 Å². The summed E-state index contributed by atoms with van der Waals surface area (Å²) in [6.45, 7) is 3.95. The van der Waals surface area contributed by atoms with Gasteiger partial charge in [0.15, 0.2) is 0 Å². The first-order valence-electron chi connectivity index (χ1n) is 7.64. The van der Waals surface area contributed by atoms with Crippen LogP contribution in [0.15, 0.2) is 24.4 Å². The van der Waals surface area contributed by atoms with Gasteiger partial charge in [-0.1, -0.05) is 25.3 Å². The van der Waals surface area contributed by atoms with Gasteiger partial charge in [0.25, 0.3) is 0 Å². The Morgan fingerprint density at radius 2 is 2.00 bits per heavy atom. The monoisotopic (exact) mass is 275 g/mol. The van der Waals surface area contributed by atoms with E-state index in [0.717, 1.165) is 18.5 Å². The van der Waals surface area contributed by atoms with E-state index in [1.54, 1.807) is 6.20 Å². The second-order valence-corrected chi connectivity index (χ2v) is 5.71. The van der Waals surface area contributed by atoms with Crippen molar-refractivity contribution < 1.29 is 4.79 Å². The van der Waals surface area contributed by atoms with Crippen LogP contribution in [0.2, 0.25) is 0 Å². The number of hydrogen-bond acceptors (Lipinski definition) is 3. The minimum Gasteiger partial charge on any atom is -0.352 e. The first-order valence-corrected chi connectivity index (χ1v) is 7.64. The molecule has 1 saturated carbocycles. The molecule has 0 bridgehead atoms. The summed E-state index contributed by atoms with van der Waals surface area (Å²) < 4.78 is 0. The third-order valence-corrected chi connectivity index (χ3v) is 3.98. The highest BCUT2D eigenvalue weighted by Gasteiger charge is 2.21. The average Bonchev–Trinajstić information content (AvgIpc) is 2.49. The molecule has 0 radical (unpaired) electrons. The lowest BCUT2D eigenvalue weighted by Gasteiger charge is -2.26. The van der Waals surface area contributed by atoms with Gasteiger partial charge in [-0.2, -0.15) is 0 Å². The average molecular weight is 275 g/mol. The van der Waals surface area contributed by atoms with Crippen molar-refractivity contribution >= 4 is 5.91 Å². The van der Waals surface area contributed by atoms with E-state index in [2.05, 4.69) is 15.6 Å². The van der Waals surface area contributed by atoms with Crippen LogP contribution in [0.1, 0.15) is 57.7 Å². The normalized spacial score (nSPS) is 19.3. The third kappa shape index (κ3) is 4.30. The van der Waals surface area contributed by atoms with Crippen LogP contribution in [0, 0.1) is 0 Å². The molecule has 0 aliphatic heterocycles. The molecule has 4 heteroatoms. The Labute approximate surface area is 121 Å². The van der Waals surface area contributed by atoms with Crippen molar-refractivity contribution in [3.63, 3.8) is 0 Å². The molecule has 2 atom stereocenters. The molecule has 1 aliphatic rings. The Hall–Kier alpha value is -1.42. The summed E-state index contributed by atoms with van der Waals surface area (Å²) in [6, 6.07) is 6.08. The summed E-state index contributed by atoms with van der Waals surface area (Å²) in [4.78, 5) is 16.5. The highest BCUT2D eigenvalue weighted by Crippen LogP contribution is 2.17. The molecule has 4 nitrogen and oxygen atoms in total. The molecule has 20 heavy (non-hydrogen) atoms. The van der Waals surface area contributed by atoms with Crippen LogP contribution in [0.3, 0.4) is 0 Å². The summed E-state index contributed by atoms with van der Waals surface area (Å²) in [6.07, 6.45) is 7.79. The Morgan fingerprint density at radius 3 is 2.65 bits per heavy atom. The van der Waals surface area contributed by atoms with Gasteiger partial charge in [-0.3, -0.25) is 15.1 Å². The number of nitrogens with zero attached hydrogens (tertiary/aromatic N) is 1. The maximum Gasteiger partial charge on any atom is 0.237 e. The number of aromatic nitrogens is 1. The van der Waals surface area contributed by atoms with Crippen LogP contribution in [-0.2, 0) is 4.79 Å². The highest BCUT2D eigenvalue weighted by atomic mass is 16.2. The molecule has 0 saturated heterocycles. The molecule has 1 unspecified atom stereocenters. The fourth-order valence-corrected chi connectivity index (χ4v) is 2.74. The van der Waals surface area contributed by atoms with Crippen LogP contribution in [0.5, 0.6) is 0 Å². The number of nitrogens with one attached hydrogen (secondary N) is 2. The van der Waals surface area contributed by atoms with E-state index in [4.69, 9.17) is 0 Å². The quantitative estimate of drug-likeness (QED) is 0.868. The third-order valence-electron chi connectivity index (χ3n) is 3.98. The van der Waals surface area contributed by atoms with Crippen molar-refractivity contribution in [2.45, 2.75) is 64.1 Å². The van der Waals surface area contributed by atoms with E-state index in [9.17, 15) is 4.79 Å². The topological polar surface area (TPSA) is 54.0 Å². The predicted molar refractivity (Wildman–Crippen MR) is 80.3 cm³/mol. The van der Waals surface area contributed by atoms with E-state index in [1.165, 1.54) is 19.3 Å². The number of pyridine rings is 1. The first kappa shape index (κ1) is 15.0. The van der Waals surface area contributed by atoms with Crippen LogP contribution in [0.4, 0.5) is 0 Å². The molecular formula is C16H25N3O. The van der Waals surface area contributed by atoms with Gasteiger partial charge >= 0.3 is 0 Å². The molecule has 110 valence electrons. The van der Waals surface area contributed by atoms with Crippen molar-refractivity contribution in [2.75, 3.05) is 0 Å². The van der Waals surface area contributed by atoms with Crippen LogP contribution in [0.25, 0.3) is 0 Å². The summed E-state index contributed by atoms with van der Waals surface area (Å²) >= 11 is 0. The highest BCUT2D eigenvalue weighted by molar-refractivity contribution is 5.81. The van der Waals surface area contributed by atoms with Crippen molar-refractivity contribution in [1.82, 2.24) is 15.6 Å². The summed E-state index contributed by atoms with van der Waals surface area (Å²) in [5.41, 5.74) is 0.963. The smallest absolute Gasteiger partial charge is 0.237 e. The molecule has 1 amide bonds. The van der Waals surface area contributed by atoms with Gasteiger partial charge in [0.05, 0.1) is 11.7 Å². The lowest BCUT2D eigenvalue weighted by Crippen LogP contribution is -2.47. The molecule has 1 aromatic rings. The fraction of sp³-hybridized carbons (Fsp3) is 0.625. The lowest BCUT2D eigenvalue weighted by atomic mass is 9.95. The van der Waals surface area contributed by atoms with Gasteiger partial charge in [0.2, 0.25) is 5.91 Å². The molecular weight excluding hydrogens is 250 g/mol. The van der Waals surface area contributed by atoms with Gasteiger partial charge in [0, 0.05) is 18.3 Å². The maximum absolute atomic E-state index is 12.2. The Kier molecular flexibility index (Phi) is 5.53. The number of amides is 1. The zero-order chi connectivity index (χ0) is 14.4. The second-order valence-electron chi connectivity index (χ2n) is 5.71. The number of hydrogen-bond donors (Lipinski definition) is 2. The molecule has 2 rings (SSSR count). The first-order chi connectivity index (χ1) is 9.66. The minimum absolute atomic E-state index is 0.0725. The molecule has 0 aromatic carbocycles. The van der Waals surface area contributed by atoms with Crippen molar-refractivity contribution in [1.29, 1.82) is 0 Å². The largest absolute Gasteiger partial charge is 0.352 e. The number of carbonyl (C=O) groups is 1. The Balaban J connectivity index is 1.81. The minimum atomic E-state index is -0.200. The van der Waals surface area contributed by atoms with Crippen LogP contribution >= 0.6 is 0 Å². The van der Waals surface area contributed by atoms with Crippen molar-refractivity contribution in [2.24, 2.45) is 0 Å². The van der Waals surface area contributed by atoms with Crippen molar-refractivity contribution in [3.05, 3.63) is 30.1 Å². The summed E-state index contributed by atoms with van der Waals surface area (Å²) in [5.74, 6) is 0.0969. The Morgan fingerprint density at radius 1 is 1.25 bits per heavy atom. The SMILES string of the molecule is CC(N[C@@H](C)c1ccccn1)C(=O)NC1CCCCC1. The zero-order valence-electron chi connectivity index (χ0n) is 12.4. The van der Waals surface area contributed by atoms with E-state index in [0.29, 0.717) is 6.04 Å². The van der Waals surface area contributed by atoms with E-state index < -0.39 is 0 Å². The summed E-state index contributed by atoms with van der Waals surface area (Å²) in [7, 11) is 0. The van der Waals surface area contributed by atoms with Gasteiger partial charge in [-0.05, 0) is 38.8 Å². The molecule has 0 spiro atoms. The van der Waals surface area contributed by atoms with E-state index >= 15 is 0 Å². The van der Waals surface area contributed by atoms with Crippen LogP contribution in [-0.4, -0.2) is 23.0 Å². The maximum atomic E-state index is 12.2. The standard InChI is InChI=1S/C16H25N3O/c1-12(15-10-6-7-11-17-15)18-13(2)16(20)19-14-8-4-3-5-9-14/h6-7,10-14,18H,3-5,8-9H2,1-2H3,(H,19,20)/t12-,13?/m0/s1. The molecule has 1 aromatic heterocycles. The predicted octanol–water partition coefficient (Wildman–Crippen LogP) is 2.57. The van der Waals surface area contributed by atoms with Gasteiger partial charge < -0.3 is 5.32 Å². The van der Waals surface area contributed by atoms with Gasteiger partial charge in [-0.25, -0.2) is 0 Å². The van der Waals surface area contributed by atoms with Crippen LogP contribution < -0.4 is 10.6 Å². The molecule has 2 N–H and O–H groups in total. The summed E-state index contributed by atoms with van der Waals surface area (Å²) in [5, 5.41) is 6.46. The number of rotatable bonds is 5. The zero-order valence-corrected chi connectivity index (χ0v) is 12.4. The molecule has 1 fully saturated rings. The van der Waals surface area contributed by atoms with Gasteiger partial charge in [-0.15, -0.1) is 0 Å². The lowest BCUT2D eigenvalue weighted by molar-refractivity contribution is -0.123. The fourth-order valence-electron chi connectivity index (χ4n) is 2.74. The second kappa shape index (κ2) is 7.39. The van der Waals surface area contributed by atoms with Crippen molar-refractivity contribution in [3.8, 4) is 0 Å².